The lowest BCUT2D eigenvalue weighted by molar-refractivity contribution is 0.447. The predicted molar refractivity (Wildman–Crippen MR) is 69.4 cm³/mol. The van der Waals surface area contributed by atoms with Crippen LogP contribution in [0.25, 0.3) is 0 Å². The lowest BCUT2D eigenvalue weighted by Crippen LogP contribution is -2.29. The molecule has 1 aliphatic carbocycles. The highest BCUT2D eigenvalue weighted by molar-refractivity contribution is 5.31. The first-order valence-corrected chi connectivity index (χ1v) is 7.19. The summed E-state index contributed by atoms with van der Waals surface area (Å²) in [5.41, 5.74) is 4.57. The van der Waals surface area contributed by atoms with E-state index in [9.17, 15) is 0 Å². The van der Waals surface area contributed by atoms with Gasteiger partial charge >= 0.3 is 0 Å². The standard InChI is InChI=1S/C14H23N3/c1-2-17-13-8-4-3-7-12(13)14(16-17)11-6-5-9-15-10-11/h11,15H,2-10H2,1H3/t11-/m0/s1. The van der Waals surface area contributed by atoms with Crippen molar-refractivity contribution in [2.45, 2.75) is 57.9 Å². The van der Waals surface area contributed by atoms with Crippen LogP contribution in [0.5, 0.6) is 0 Å². The van der Waals surface area contributed by atoms with Crippen LogP contribution in [-0.2, 0) is 19.4 Å². The third-order valence-corrected chi connectivity index (χ3v) is 4.27. The van der Waals surface area contributed by atoms with Gasteiger partial charge in [-0.1, -0.05) is 0 Å². The van der Waals surface area contributed by atoms with E-state index in [-0.39, 0.29) is 0 Å². The molecule has 0 amide bonds. The summed E-state index contributed by atoms with van der Waals surface area (Å²) in [7, 11) is 0. The first kappa shape index (κ1) is 11.3. The van der Waals surface area contributed by atoms with Gasteiger partial charge in [0.15, 0.2) is 0 Å². The first-order chi connectivity index (χ1) is 8.40. The molecular weight excluding hydrogens is 210 g/mol. The molecule has 17 heavy (non-hydrogen) atoms. The lowest BCUT2D eigenvalue weighted by atomic mass is 9.88. The summed E-state index contributed by atoms with van der Waals surface area (Å²) < 4.78 is 2.26. The van der Waals surface area contributed by atoms with Crippen molar-refractivity contribution in [2.24, 2.45) is 0 Å². The van der Waals surface area contributed by atoms with Crippen molar-refractivity contribution in [3.63, 3.8) is 0 Å². The predicted octanol–water partition coefficient (Wildman–Crippen LogP) is 2.25. The van der Waals surface area contributed by atoms with Crippen LogP contribution >= 0.6 is 0 Å². The molecule has 3 nitrogen and oxygen atoms in total. The Kier molecular flexibility index (Phi) is 3.19. The van der Waals surface area contributed by atoms with Gasteiger partial charge in [0.25, 0.3) is 0 Å². The Hall–Kier alpha value is -0.830. The van der Waals surface area contributed by atoms with Crippen molar-refractivity contribution in [1.82, 2.24) is 15.1 Å². The van der Waals surface area contributed by atoms with Gasteiger partial charge in [0, 0.05) is 24.7 Å². The maximum atomic E-state index is 4.91. The van der Waals surface area contributed by atoms with E-state index >= 15 is 0 Å². The van der Waals surface area contributed by atoms with E-state index < -0.39 is 0 Å². The van der Waals surface area contributed by atoms with Crippen molar-refractivity contribution in [1.29, 1.82) is 0 Å². The zero-order valence-electron chi connectivity index (χ0n) is 10.8. The summed E-state index contributed by atoms with van der Waals surface area (Å²) in [6.45, 7) is 5.56. The number of piperidine rings is 1. The third-order valence-electron chi connectivity index (χ3n) is 4.27. The minimum Gasteiger partial charge on any atom is -0.316 e. The molecule has 0 aromatic carbocycles. The van der Waals surface area contributed by atoms with Gasteiger partial charge in [-0.3, -0.25) is 4.68 Å². The third kappa shape index (κ3) is 2.01. The summed E-state index contributed by atoms with van der Waals surface area (Å²) in [5.74, 6) is 0.670. The number of nitrogens with zero attached hydrogens (tertiary/aromatic N) is 2. The van der Waals surface area contributed by atoms with Gasteiger partial charge < -0.3 is 5.32 Å². The fourth-order valence-corrected chi connectivity index (χ4v) is 3.38. The summed E-state index contributed by atoms with van der Waals surface area (Å²) in [4.78, 5) is 0. The van der Waals surface area contributed by atoms with Crippen LogP contribution in [0.1, 0.15) is 55.5 Å². The average Bonchev–Trinajstić information content (AvgIpc) is 2.78. The van der Waals surface area contributed by atoms with Crippen LogP contribution in [0.2, 0.25) is 0 Å². The quantitative estimate of drug-likeness (QED) is 0.849. The van der Waals surface area contributed by atoms with E-state index in [4.69, 9.17) is 5.10 Å². The molecule has 0 spiro atoms. The molecule has 1 N–H and O–H groups in total. The Morgan fingerprint density at radius 2 is 2.18 bits per heavy atom. The Labute approximate surface area is 104 Å². The van der Waals surface area contributed by atoms with Crippen molar-refractivity contribution >= 4 is 0 Å². The molecule has 0 unspecified atom stereocenters. The van der Waals surface area contributed by atoms with Gasteiger partial charge in [-0.05, 0) is 57.6 Å². The molecule has 3 rings (SSSR count). The maximum absolute atomic E-state index is 4.91. The Balaban J connectivity index is 1.95. The van der Waals surface area contributed by atoms with E-state index in [0.29, 0.717) is 5.92 Å². The molecule has 2 heterocycles. The zero-order valence-corrected chi connectivity index (χ0v) is 10.8. The molecule has 94 valence electrons. The monoisotopic (exact) mass is 233 g/mol. The van der Waals surface area contributed by atoms with Gasteiger partial charge in [-0.15, -0.1) is 0 Å². The van der Waals surface area contributed by atoms with Gasteiger partial charge in [-0.2, -0.15) is 5.10 Å². The second-order valence-corrected chi connectivity index (χ2v) is 5.38. The van der Waals surface area contributed by atoms with E-state index in [2.05, 4.69) is 16.9 Å². The van der Waals surface area contributed by atoms with Gasteiger partial charge in [-0.25, -0.2) is 0 Å². The average molecular weight is 233 g/mol. The van der Waals surface area contributed by atoms with Crippen LogP contribution in [0.4, 0.5) is 0 Å². The van der Waals surface area contributed by atoms with E-state index in [1.165, 1.54) is 50.8 Å². The zero-order chi connectivity index (χ0) is 11.7. The number of fused-ring (bicyclic) bond motifs is 1. The molecule has 0 radical (unpaired) electrons. The lowest BCUT2D eigenvalue weighted by Gasteiger charge is -2.23. The van der Waals surface area contributed by atoms with Gasteiger partial charge in [0.2, 0.25) is 0 Å². The second-order valence-electron chi connectivity index (χ2n) is 5.38. The first-order valence-electron chi connectivity index (χ1n) is 7.19. The number of rotatable bonds is 2. The number of aromatic nitrogens is 2. The van der Waals surface area contributed by atoms with Crippen LogP contribution in [-0.4, -0.2) is 22.9 Å². The molecule has 3 heteroatoms. The molecule has 2 aliphatic rings. The van der Waals surface area contributed by atoms with Crippen molar-refractivity contribution < 1.29 is 0 Å². The second kappa shape index (κ2) is 4.81. The Morgan fingerprint density at radius 1 is 1.29 bits per heavy atom. The number of hydrogen-bond acceptors (Lipinski definition) is 2. The highest BCUT2D eigenvalue weighted by atomic mass is 15.3. The fourth-order valence-electron chi connectivity index (χ4n) is 3.38. The molecular formula is C14H23N3. The van der Waals surface area contributed by atoms with E-state index in [1.54, 1.807) is 11.3 Å². The van der Waals surface area contributed by atoms with Gasteiger partial charge in [0.1, 0.15) is 0 Å². The number of hydrogen-bond donors (Lipinski definition) is 1. The van der Waals surface area contributed by atoms with Crippen molar-refractivity contribution in [3.8, 4) is 0 Å². The van der Waals surface area contributed by atoms with E-state index in [0.717, 1.165) is 13.1 Å². The largest absolute Gasteiger partial charge is 0.316 e. The SMILES string of the molecule is CCn1nc([C@H]2CCCNC2)c2c1CCCC2. The molecule has 1 aliphatic heterocycles. The minimum absolute atomic E-state index is 0.670. The number of nitrogens with one attached hydrogen (secondary N) is 1. The topological polar surface area (TPSA) is 29.9 Å². The van der Waals surface area contributed by atoms with Crippen LogP contribution in [0, 0.1) is 0 Å². The highest BCUT2D eigenvalue weighted by Gasteiger charge is 2.26. The van der Waals surface area contributed by atoms with Crippen molar-refractivity contribution in [2.75, 3.05) is 13.1 Å². The molecule has 0 saturated carbocycles. The van der Waals surface area contributed by atoms with Gasteiger partial charge in [0.05, 0.1) is 5.69 Å². The summed E-state index contributed by atoms with van der Waals surface area (Å²) in [6.07, 6.45) is 7.84. The molecule has 1 saturated heterocycles. The molecule has 0 bridgehead atoms. The number of aryl methyl sites for hydroxylation is 1. The normalized spacial score (nSPS) is 24.6. The Morgan fingerprint density at radius 3 is 2.94 bits per heavy atom. The Bertz CT molecular complexity index is 388. The minimum atomic E-state index is 0.670. The summed E-state index contributed by atoms with van der Waals surface area (Å²) >= 11 is 0. The highest BCUT2D eigenvalue weighted by Crippen LogP contribution is 2.31. The smallest absolute Gasteiger partial charge is 0.0703 e. The van der Waals surface area contributed by atoms with Crippen LogP contribution < -0.4 is 5.32 Å². The molecule has 1 aromatic heterocycles. The molecule has 1 fully saturated rings. The van der Waals surface area contributed by atoms with Crippen LogP contribution in [0.3, 0.4) is 0 Å². The maximum Gasteiger partial charge on any atom is 0.0703 e. The molecule has 1 aromatic rings. The fraction of sp³-hybridized carbons (Fsp3) is 0.786. The van der Waals surface area contributed by atoms with Crippen LogP contribution in [0.15, 0.2) is 0 Å². The summed E-state index contributed by atoms with van der Waals surface area (Å²) in [5, 5.41) is 8.43. The summed E-state index contributed by atoms with van der Waals surface area (Å²) in [6, 6.07) is 0. The van der Waals surface area contributed by atoms with Crippen molar-refractivity contribution in [3.05, 3.63) is 17.0 Å². The molecule has 1 atom stereocenters. The van der Waals surface area contributed by atoms with E-state index in [1.807, 2.05) is 0 Å².